The van der Waals surface area contributed by atoms with Gasteiger partial charge in [-0.3, -0.25) is 4.90 Å². The molecular formula is C23H32N6O2. The number of hydrogen-bond acceptors (Lipinski definition) is 7. The summed E-state index contributed by atoms with van der Waals surface area (Å²) < 4.78 is 7.76. The lowest BCUT2D eigenvalue weighted by Crippen LogP contribution is -2.19. The molecule has 8 nitrogen and oxygen atoms in total. The second-order valence-corrected chi connectivity index (χ2v) is 8.27. The van der Waals surface area contributed by atoms with E-state index in [4.69, 9.17) is 10.5 Å². The first-order valence-corrected chi connectivity index (χ1v) is 11.2. The monoisotopic (exact) mass is 424 g/mol. The summed E-state index contributed by atoms with van der Waals surface area (Å²) in [6.07, 6.45) is 6.50. The smallest absolute Gasteiger partial charge is 0.320 e. The van der Waals surface area contributed by atoms with Gasteiger partial charge in [0.1, 0.15) is 11.9 Å². The molecule has 0 aliphatic carbocycles. The van der Waals surface area contributed by atoms with Crippen LogP contribution in [0.1, 0.15) is 50.2 Å². The average Bonchev–Trinajstić information content (AvgIpc) is 3.40. The fraction of sp³-hybridized carbons (Fsp3) is 0.522. The largest absolute Gasteiger partial charge is 0.460 e. The Morgan fingerprint density at radius 1 is 1.06 bits per heavy atom. The lowest BCUT2D eigenvalue weighted by molar-refractivity contribution is 0.135. The van der Waals surface area contributed by atoms with Crippen LogP contribution in [-0.2, 0) is 13.1 Å². The molecule has 1 aliphatic rings. The number of aliphatic hydroxyl groups is 1. The first-order valence-electron chi connectivity index (χ1n) is 11.2. The van der Waals surface area contributed by atoms with Crippen LogP contribution in [0, 0.1) is 0 Å². The summed E-state index contributed by atoms with van der Waals surface area (Å²) in [6, 6.07) is 8.93. The van der Waals surface area contributed by atoms with E-state index in [1.807, 2.05) is 4.68 Å². The second kappa shape index (κ2) is 10.1. The van der Waals surface area contributed by atoms with Crippen molar-refractivity contribution in [2.45, 2.75) is 58.2 Å². The van der Waals surface area contributed by atoms with Crippen LogP contribution in [0.2, 0.25) is 0 Å². The normalized spacial score (nSPS) is 15.5. The molecular weight excluding hydrogens is 392 g/mol. The van der Waals surface area contributed by atoms with Gasteiger partial charge >= 0.3 is 6.01 Å². The number of likely N-dealkylation sites (tertiary alicyclic amines) is 1. The fourth-order valence-electron chi connectivity index (χ4n) is 4.12. The van der Waals surface area contributed by atoms with Gasteiger partial charge in [-0.1, -0.05) is 37.6 Å². The van der Waals surface area contributed by atoms with Crippen molar-refractivity contribution in [3.8, 4) is 6.01 Å². The Morgan fingerprint density at radius 2 is 1.77 bits per heavy atom. The Hall–Kier alpha value is -2.71. The summed E-state index contributed by atoms with van der Waals surface area (Å²) in [4.78, 5) is 11.4. The molecule has 2 aromatic heterocycles. The van der Waals surface area contributed by atoms with Crippen LogP contribution in [0.5, 0.6) is 6.01 Å². The lowest BCUT2D eigenvalue weighted by atomic mass is 10.1. The van der Waals surface area contributed by atoms with Crippen molar-refractivity contribution < 1.29 is 9.84 Å². The van der Waals surface area contributed by atoms with E-state index < -0.39 is 0 Å². The highest BCUT2D eigenvalue weighted by Gasteiger charge is 2.16. The van der Waals surface area contributed by atoms with Gasteiger partial charge in [0.15, 0.2) is 5.65 Å². The zero-order valence-corrected chi connectivity index (χ0v) is 18.2. The van der Waals surface area contributed by atoms with Crippen molar-refractivity contribution in [1.29, 1.82) is 0 Å². The SMILES string of the molecule is CCC[C@@H](CCO)Oc1nc(N)c2cnn(Cc3ccc(CN4CCCC4)cc3)c2n1. The van der Waals surface area contributed by atoms with Crippen molar-refractivity contribution in [3.63, 3.8) is 0 Å². The van der Waals surface area contributed by atoms with Crippen LogP contribution in [0.3, 0.4) is 0 Å². The number of anilines is 1. The Labute approximate surface area is 183 Å². The molecule has 0 radical (unpaired) electrons. The highest BCUT2D eigenvalue weighted by atomic mass is 16.5. The maximum Gasteiger partial charge on any atom is 0.320 e. The Bertz CT molecular complexity index is 976. The van der Waals surface area contributed by atoms with Gasteiger partial charge in [-0.25, -0.2) is 4.68 Å². The highest BCUT2D eigenvalue weighted by molar-refractivity contribution is 5.85. The van der Waals surface area contributed by atoms with E-state index in [-0.39, 0.29) is 18.7 Å². The first-order chi connectivity index (χ1) is 15.2. The van der Waals surface area contributed by atoms with Gasteiger partial charge in [-0.2, -0.15) is 15.1 Å². The van der Waals surface area contributed by atoms with Gasteiger partial charge in [0.2, 0.25) is 0 Å². The van der Waals surface area contributed by atoms with E-state index in [1.165, 1.54) is 31.5 Å². The molecule has 31 heavy (non-hydrogen) atoms. The van der Waals surface area contributed by atoms with Gasteiger partial charge in [0.05, 0.1) is 18.1 Å². The average molecular weight is 425 g/mol. The summed E-state index contributed by atoms with van der Waals surface area (Å²) in [5.74, 6) is 0.353. The summed E-state index contributed by atoms with van der Waals surface area (Å²) in [6.45, 7) is 6.15. The summed E-state index contributed by atoms with van der Waals surface area (Å²) >= 11 is 0. The topological polar surface area (TPSA) is 102 Å². The van der Waals surface area contributed by atoms with Crippen molar-refractivity contribution >= 4 is 16.9 Å². The zero-order valence-electron chi connectivity index (χ0n) is 18.2. The van der Waals surface area contributed by atoms with Gasteiger partial charge in [-0.05, 0) is 43.5 Å². The molecule has 3 aromatic rings. The van der Waals surface area contributed by atoms with Gasteiger partial charge in [-0.15, -0.1) is 0 Å². The summed E-state index contributed by atoms with van der Waals surface area (Å²) in [5, 5.41) is 14.5. The maximum atomic E-state index is 9.28. The number of nitrogens with zero attached hydrogens (tertiary/aromatic N) is 5. The standard InChI is InChI=1S/C23H32N6O2/c1-2-5-19(10-13-30)31-23-26-21(24)20-14-25-29(22(20)27-23)16-18-8-6-17(7-9-18)15-28-11-3-4-12-28/h6-9,14,19,30H,2-5,10-13,15-16H2,1H3,(H2,24,26,27)/t19-/m0/s1. The molecule has 1 saturated heterocycles. The van der Waals surface area contributed by atoms with Crippen LogP contribution in [-0.4, -0.2) is 55.6 Å². The molecule has 4 rings (SSSR count). The van der Waals surface area contributed by atoms with Crippen molar-refractivity contribution in [3.05, 3.63) is 41.6 Å². The maximum absolute atomic E-state index is 9.28. The number of hydrogen-bond donors (Lipinski definition) is 2. The van der Waals surface area contributed by atoms with Crippen LogP contribution >= 0.6 is 0 Å². The van der Waals surface area contributed by atoms with Crippen LogP contribution < -0.4 is 10.5 Å². The van der Waals surface area contributed by atoms with Gasteiger partial charge < -0.3 is 15.6 Å². The molecule has 0 bridgehead atoms. The molecule has 0 unspecified atom stereocenters. The second-order valence-electron chi connectivity index (χ2n) is 8.27. The minimum absolute atomic E-state index is 0.0636. The number of benzene rings is 1. The minimum Gasteiger partial charge on any atom is -0.460 e. The molecule has 1 atom stereocenters. The Kier molecular flexibility index (Phi) is 6.99. The third kappa shape index (κ3) is 5.32. The molecule has 0 spiro atoms. The third-order valence-electron chi connectivity index (χ3n) is 5.80. The third-order valence-corrected chi connectivity index (χ3v) is 5.80. The number of fused-ring (bicyclic) bond motifs is 1. The van der Waals surface area contributed by atoms with Crippen LogP contribution in [0.15, 0.2) is 30.5 Å². The van der Waals surface area contributed by atoms with Crippen molar-refractivity contribution in [2.75, 3.05) is 25.4 Å². The van der Waals surface area contributed by atoms with Gasteiger partial charge in [0.25, 0.3) is 0 Å². The molecule has 1 aliphatic heterocycles. The Balaban J connectivity index is 1.50. The number of ether oxygens (including phenoxy) is 1. The van der Waals surface area contributed by atoms with Crippen LogP contribution in [0.25, 0.3) is 11.0 Å². The molecule has 1 fully saturated rings. The zero-order chi connectivity index (χ0) is 21.6. The van der Waals surface area contributed by atoms with Gasteiger partial charge in [0, 0.05) is 19.6 Å². The van der Waals surface area contributed by atoms with Crippen LogP contribution in [0.4, 0.5) is 5.82 Å². The fourth-order valence-corrected chi connectivity index (χ4v) is 4.12. The van der Waals surface area contributed by atoms with E-state index >= 15 is 0 Å². The molecule has 0 saturated carbocycles. The van der Waals surface area contributed by atoms with E-state index in [0.717, 1.165) is 24.9 Å². The molecule has 3 heterocycles. The first kappa shape index (κ1) is 21.5. The number of nitrogens with two attached hydrogens (primary N) is 1. The lowest BCUT2D eigenvalue weighted by Gasteiger charge is -2.16. The number of rotatable bonds is 10. The number of nitrogen functional groups attached to an aromatic ring is 1. The molecule has 0 amide bonds. The summed E-state index contributed by atoms with van der Waals surface area (Å²) in [7, 11) is 0. The van der Waals surface area contributed by atoms with E-state index in [1.54, 1.807) is 6.20 Å². The predicted octanol–water partition coefficient (Wildman–Crippen LogP) is 2.98. The van der Waals surface area contributed by atoms with E-state index in [9.17, 15) is 5.11 Å². The predicted molar refractivity (Wildman–Crippen MR) is 121 cm³/mol. The van der Waals surface area contributed by atoms with E-state index in [2.05, 4.69) is 51.2 Å². The number of aliphatic hydroxyl groups excluding tert-OH is 1. The molecule has 166 valence electrons. The number of aromatic nitrogens is 4. The minimum atomic E-state index is -0.133. The van der Waals surface area contributed by atoms with Crippen molar-refractivity contribution in [1.82, 2.24) is 24.6 Å². The van der Waals surface area contributed by atoms with Crippen molar-refractivity contribution in [2.24, 2.45) is 0 Å². The highest BCUT2D eigenvalue weighted by Crippen LogP contribution is 2.23. The quantitative estimate of drug-likeness (QED) is 0.516. The summed E-state index contributed by atoms with van der Waals surface area (Å²) in [5.41, 5.74) is 9.29. The molecule has 1 aromatic carbocycles. The Morgan fingerprint density at radius 3 is 2.45 bits per heavy atom. The molecule has 8 heteroatoms. The molecule has 3 N–H and O–H groups in total. The van der Waals surface area contributed by atoms with E-state index in [0.29, 0.717) is 29.8 Å².